The first-order valence-electron chi connectivity index (χ1n) is 5.71. The van der Waals surface area contributed by atoms with Crippen molar-refractivity contribution in [1.82, 2.24) is 0 Å². The Morgan fingerprint density at radius 2 is 1.81 bits per heavy atom. The molecule has 0 heterocycles. The molecule has 0 saturated carbocycles. The quantitative estimate of drug-likeness (QED) is 0.760. The number of benzene rings is 2. The van der Waals surface area contributed by atoms with E-state index in [9.17, 15) is 19.1 Å². The minimum absolute atomic E-state index is 0.0559. The maximum atomic E-state index is 13.6. The van der Waals surface area contributed by atoms with E-state index in [1.165, 1.54) is 24.3 Å². The van der Waals surface area contributed by atoms with Crippen LogP contribution in [0.3, 0.4) is 0 Å². The van der Waals surface area contributed by atoms with Gasteiger partial charge in [0.2, 0.25) is 0 Å². The van der Waals surface area contributed by atoms with Gasteiger partial charge in [-0.25, -0.2) is 9.18 Å². The molecule has 0 bridgehead atoms. The van der Waals surface area contributed by atoms with Crippen LogP contribution in [-0.4, -0.2) is 22.1 Å². The molecular weight excluding hydrogens is 301 g/mol. The summed E-state index contributed by atoms with van der Waals surface area (Å²) < 4.78 is 13.6. The van der Waals surface area contributed by atoms with Crippen molar-refractivity contribution in [1.29, 1.82) is 0 Å². The molecule has 0 fully saturated rings. The summed E-state index contributed by atoms with van der Waals surface area (Å²) >= 11 is 5.59. The van der Waals surface area contributed by atoms with Crippen molar-refractivity contribution in [3.05, 3.63) is 58.4 Å². The molecule has 0 aliphatic rings. The molecule has 2 aromatic rings. The molecule has 21 heavy (non-hydrogen) atoms. The molecular formula is C14H9ClFNO4. The lowest BCUT2D eigenvalue weighted by atomic mass is 10.1. The first-order chi connectivity index (χ1) is 9.88. The number of amides is 1. The fourth-order valence-electron chi connectivity index (χ4n) is 1.68. The van der Waals surface area contributed by atoms with Crippen LogP contribution >= 0.6 is 11.6 Å². The summed E-state index contributed by atoms with van der Waals surface area (Å²) in [6, 6.07) is 6.91. The van der Waals surface area contributed by atoms with Gasteiger partial charge in [0.05, 0.1) is 16.8 Å². The summed E-state index contributed by atoms with van der Waals surface area (Å²) in [5, 5.41) is 20.7. The van der Waals surface area contributed by atoms with Crippen molar-refractivity contribution in [2.45, 2.75) is 0 Å². The average molecular weight is 310 g/mol. The molecule has 3 N–H and O–H groups in total. The van der Waals surface area contributed by atoms with Crippen molar-refractivity contribution in [2.75, 3.05) is 5.32 Å². The summed E-state index contributed by atoms with van der Waals surface area (Å²) in [7, 11) is 0. The highest BCUT2D eigenvalue weighted by atomic mass is 35.5. The summed E-state index contributed by atoms with van der Waals surface area (Å²) in [6.45, 7) is 0. The first-order valence-corrected chi connectivity index (χ1v) is 6.09. The molecule has 0 aromatic heterocycles. The van der Waals surface area contributed by atoms with Gasteiger partial charge in [0, 0.05) is 5.02 Å². The number of phenols is 1. The van der Waals surface area contributed by atoms with Crippen LogP contribution in [-0.2, 0) is 0 Å². The first kappa shape index (κ1) is 14.8. The largest absolute Gasteiger partial charge is 0.508 e. The van der Waals surface area contributed by atoms with E-state index < -0.39 is 17.7 Å². The number of rotatable bonds is 3. The molecule has 0 saturated heterocycles. The van der Waals surface area contributed by atoms with E-state index in [0.717, 1.165) is 12.1 Å². The van der Waals surface area contributed by atoms with Crippen LogP contribution in [0.15, 0.2) is 36.4 Å². The monoisotopic (exact) mass is 309 g/mol. The van der Waals surface area contributed by atoms with E-state index in [1.54, 1.807) is 0 Å². The van der Waals surface area contributed by atoms with Crippen LogP contribution < -0.4 is 5.32 Å². The summed E-state index contributed by atoms with van der Waals surface area (Å²) in [5.74, 6) is -3.24. The van der Waals surface area contributed by atoms with Crippen LogP contribution in [0.4, 0.5) is 10.1 Å². The van der Waals surface area contributed by atoms with Crippen LogP contribution in [0, 0.1) is 5.82 Å². The Morgan fingerprint density at radius 3 is 2.43 bits per heavy atom. The van der Waals surface area contributed by atoms with Crippen LogP contribution in [0.1, 0.15) is 20.7 Å². The highest BCUT2D eigenvalue weighted by Crippen LogP contribution is 2.23. The van der Waals surface area contributed by atoms with Gasteiger partial charge in [-0.3, -0.25) is 4.79 Å². The third-order valence-electron chi connectivity index (χ3n) is 2.66. The van der Waals surface area contributed by atoms with Crippen molar-refractivity contribution in [3.63, 3.8) is 0 Å². The van der Waals surface area contributed by atoms with Gasteiger partial charge < -0.3 is 15.5 Å². The molecule has 2 aromatic carbocycles. The average Bonchev–Trinajstić information content (AvgIpc) is 2.40. The van der Waals surface area contributed by atoms with Gasteiger partial charge in [-0.1, -0.05) is 11.6 Å². The van der Waals surface area contributed by atoms with Crippen molar-refractivity contribution in [2.24, 2.45) is 0 Å². The molecule has 0 radical (unpaired) electrons. The second-order valence-electron chi connectivity index (χ2n) is 4.11. The second-order valence-corrected chi connectivity index (χ2v) is 4.55. The molecule has 0 unspecified atom stereocenters. The Bertz CT molecular complexity index is 733. The number of nitrogens with one attached hydrogen (secondary N) is 1. The lowest BCUT2D eigenvalue weighted by Gasteiger charge is -2.09. The summed E-state index contributed by atoms with van der Waals surface area (Å²) in [4.78, 5) is 23.0. The van der Waals surface area contributed by atoms with E-state index in [0.29, 0.717) is 0 Å². The fraction of sp³-hybridized carbons (Fsp3) is 0. The summed E-state index contributed by atoms with van der Waals surface area (Å²) in [6.07, 6.45) is 0. The Balaban J connectivity index is 2.34. The molecule has 0 atom stereocenters. The predicted molar refractivity (Wildman–Crippen MR) is 74.4 cm³/mol. The van der Waals surface area contributed by atoms with Crippen LogP contribution in [0.2, 0.25) is 5.02 Å². The third kappa shape index (κ3) is 3.29. The zero-order valence-electron chi connectivity index (χ0n) is 10.4. The summed E-state index contributed by atoms with van der Waals surface area (Å²) in [5.41, 5.74) is -0.638. The molecule has 1 amide bonds. The second kappa shape index (κ2) is 5.80. The van der Waals surface area contributed by atoms with Crippen LogP contribution in [0.25, 0.3) is 0 Å². The molecule has 108 valence electrons. The Hall–Kier alpha value is -2.60. The van der Waals surface area contributed by atoms with Crippen molar-refractivity contribution >= 4 is 29.2 Å². The van der Waals surface area contributed by atoms with Crippen LogP contribution in [0.5, 0.6) is 5.75 Å². The zero-order valence-corrected chi connectivity index (χ0v) is 11.2. The van der Waals surface area contributed by atoms with E-state index in [-0.39, 0.29) is 27.6 Å². The molecule has 0 spiro atoms. The number of aromatic carboxylic acids is 1. The fourth-order valence-corrected chi connectivity index (χ4v) is 1.84. The van der Waals surface area contributed by atoms with Gasteiger partial charge in [-0.15, -0.1) is 0 Å². The number of carbonyl (C=O) groups excluding carboxylic acids is 1. The van der Waals surface area contributed by atoms with Crippen molar-refractivity contribution < 1.29 is 24.2 Å². The zero-order chi connectivity index (χ0) is 15.6. The minimum Gasteiger partial charge on any atom is -0.508 e. The molecule has 7 heteroatoms. The van der Waals surface area contributed by atoms with Gasteiger partial charge in [-0.05, 0) is 36.4 Å². The molecule has 2 rings (SSSR count). The number of aromatic hydroxyl groups is 1. The standard InChI is InChI=1S/C14H9ClFNO4/c15-7-1-3-9(11(16)5-7)13(19)17-12-4-2-8(18)6-10(12)14(20)21/h1-6,18H,(H,17,19)(H,20,21). The van der Waals surface area contributed by atoms with E-state index in [4.69, 9.17) is 16.7 Å². The maximum absolute atomic E-state index is 13.6. The van der Waals surface area contributed by atoms with Gasteiger partial charge in [0.15, 0.2) is 0 Å². The number of hydrogen-bond donors (Lipinski definition) is 3. The number of carboxylic acid groups (broad SMARTS) is 1. The van der Waals surface area contributed by atoms with Gasteiger partial charge in [-0.2, -0.15) is 0 Å². The van der Waals surface area contributed by atoms with Crippen molar-refractivity contribution in [3.8, 4) is 5.75 Å². The topological polar surface area (TPSA) is 86.6 Å². The third-order valence-corrected chi connectivity index (χ3v) is 2.89. The molecule has 0 aliphatic heterocycles. The number of halogens is 2. The number of anilines is 1. The normalized spacial score (nSPS) is 10.2. The smallest absolute Gasteiger partial charge is 0.337 e. The van der Waals surface area contributed by atoms with Gasteiger partial charge in [0.25, 0.3) is 5.91 Å². The number of phenolic OH excluding ortho intramolecular Hbond substituents is 1. The maximum Gasteiger partial charge on any atom is 0.337 e. The number of carboxylic acids is 1. The Labute approximate surface area is 123 Å². The number of carbonyl (C=O) groups is 2. The Kier molecular flexibility index (Phi) is 4.09. The van der Waals surface area contributed by atoms with Gasteiger partial charge in [0.1, 0.15) is 11.6 Å². The lowest BCUT2D eigenvalue weighted by Crippen LogP contribution is -2.16. The predicted octanol–water partition coefficient (Wildman–Crippen LogP) is 3.14. The van der Waals surface area contributed by atoms with Gasteiger partial charge >= 0.3 is 5.97 Å². The number of hydrogen-bond acceptors (Lipinski definition) is 3. The van der Waals surface area contributed by atoms with E-state index in [1.807, 2.05) is 0 Å². The highest BCUT2D eigenvalue weighted by molar-refractivity contribution is 6.30. The molecule has 0 aliphatic carbocycles. The highest BCUT2D eigenvalue weighted by Gasteiger charge is 2.17. The SMILES string of the molecule is O=C(Nc1ccc(O)cc1C(=O)O)c1ccc(Cl)cc1F. The Morgan fingerprint density at radius 1 is 1.10 bits per heavy atom. The van der Waals surface area contributed by atoms with E-state index >= 15 is 0 Å². The van der Waals surface area contributed by atoms with E-state index in [2.05, 4.69) is 5.32 Å². The lowest BCUT2D eigenvalue weighted by molar-refractivity contribution is 0.0697. The molecule has 5 nitrogen and oxygen atoms in total. The minimum atomic E-state index is -1.34.